The minimum atomic E-state index is -0.0989. The topological polar surface area (TPSA) is 66.0 Å². The highest BCUT2D eigenvalue weighted by Crippen LogP contribution is 2.28. The second kappa shape index (κ2) is 9.41. The van der Waals surface area contributed by atoms with E-state index in [1.807, 2.05) is 43.0 Å². The molecule has 0 spiro atoms. The van der Waals surface area contributed by atoms with Gasteiger partial charge in [0.1, 0.15) is 5.75 Å². The van der Waals surface area contributed by atoms with Gasteiger partial charge in [0.15, 0.2) is 0 Å². The molecule has 0 bridgehead atoms. The van der Waals surface area contributed by atoms with Crippen molar-refractivity contribution in [2.24, 2.45) is 0 Å². The van der Waals surface area contributed by atoms with Crippen LogP contribution < -0.4 is 9.64 Å². The molecule has 7 heteroatoms. The molecular weight excluding hydrogens is 368 g/mol. The Morgan fingerprint density at radius 3 is 2.34 bits per heavy atom. The Labute approximate surface area is 171 Å². The zero-order valence-electron chi connectivity index (χ0n) is 17.3. The summed E-state index contributed by atoms with van der Waals surface area (Å²) in [7, 11) is 1.66. The van der Waals surface area contributed by atoms with Crippen molar-refractivity contribution in [2.75, 3.05) is 51.3 Å². The maximum atomic E-state index is 13.0. The van der Waals surface area contributed by atoms with Crippen molar-refractivity contribution >= 4 is 17.5 Å². The zero-order valence-corrected chi connectivity index (χ0v) is 17.3. The lowest BCUT2D eigenvalue weighted by Gasteiger charge is -2.36. The molecule has 1 fully saturated rings. The normalized spacial score (nSPS) is 13.9. The third-order valence-corrected chi connectivity index (χ3v) is 5.28. The van der Waals surface area contributed by atoms with Gasteiger partial charge in [-0.15, -0.1) is 0 Å². The average Bonchev–Trinajstić information content (AvgIpc) is 2.79. The van der Waals surface area contributed by atoms with Crippen LogP contribution in [0.2, 0.25) is 0 Å². The highest BCUT2D eigenvalue weighted by atomic mass is 16.5. The summed E-state index contributed by atoms with van der Waals surface area (Å²) < 4.78 is 5.45. The number of nitrogens with zero attached hydrogens (tertiary/aromatic N) is 4. The van der Waals surface area contributed by atoms with E-state index < -0.39 is 0 Å². The molecule has 1 aromatic heterocycles. The third-order valence-electron chi connectivity index (χ3n) is 5.28. The number of hydrogen-bond acceptors (Lipinski definition) is 5. The minimum absolute atomic E-state index is 0.0913. The van der Waals surface area contributed by atoms with E-state index in [0.717, 1.165) is 24.5 Å². The molecule has 154 valence electrons. The van der Waals surface area contributed by atoms with Gasteiger partial charge in [-0.3, -0.25) is 14.6 Å². The first-order valence-corrected chi connectivity index (χ1v) is 10.0. The number of anilines is 1. The predicted octanol–water partition coefficient (Wildman–Crippen LogP) is 2.53. The first-order valence-electron chi connectivity index (χ1n) is 10.0. The fourth-order valence-electron chi connectivity index (χ4n) is 3.59. The van der Waals surface area contributed by atoms with Crippen molar-refractivity contribution in [1.82, 2.24) is 14.8 Å². The van der Waals surface area contributed by atoms with E-state index in [4.69, 9.17) is 4.74 Å². The number of pyridine rings is 1. The number of piperazine rings is 1. The largest absolute Gasteiger partial charge is 0.495 e. The van der Waals surface area contributed by atoms with E-state index in [2.05, 4.69) is 9.88 Å². The number of rotatable bonds is 6. The standard InChI is InChI=1S/C22H28N4O3/c1-4-24(5-2)21(27)17-14-18(16-23-15-17)22(28)26-12-10-25(11-13-26)19-8-6-7-9-20(19)29-3/h6-9,14-16H,4-5,10-13H2,1-3H3. The van der Waals surface area contributed by atoms with Gasteiger partial charge in [0, 0.05) is 51.7 Å². The molecule has 1 aliphatic rings. The van der Waals surface area contributed by atoms with Gasteiger partial charge < -0.3 is 19.4 Å². The molecule has 29 heavy (non-hydrogen) atoms. The van der Waals surface area contributed by atoms with Crippen molar-refractivity contribution < 1.29 is 14.3 Å². The Morgan fingerprint density at radius 2 is 1.69 bits per heavy atom. The minimum Gasteiger partial charge on any atom is -0.495 e. The molecule has 3 rings (SSSR count). The molecule has 2 aromatic rings. The molecule has 1 aliphatic heterocycles. The molecule has 0 N–H and O–H groups in total. The monoisotopic (exact) mass is 396 g/mol. The van der Waals surface area contributed by atoms with Crippen LogP contribution in [0.25, 0.3) is 0 Å². The predicted molar refractivity (Wildman–Crippen MR) is 113 cm³/mol. The Balaban J connectivity index is 1.68. The molecule has 7 nitrogen and oxygen atoms in total. The van der Waals surface area contributed by atoms with Gasteiger partial charge in [-0.1, -0.05) is 12.1 Å². The van der Waals surface area contributed by atoms with Crippen LogP contribution in [0, 0.1) is 0 Å². The quantitative estimate of drug-likeness (QED) is 0.751. The van der Waals surface area contributed by atoms with Crippen LogP contribution in [0.15, 0.2) is 42.7 Å². The SMILES string of the molecule is CCN(CC)C(=O)c1cncc(C(=O)N2CCN(c3ccccc3OC)CC2)c1. The molecule has 1 aromatic carbocycles. The van der Waals surface area contributed by atoms with Crippen LogP contribution in [0.4, 0.5) is 5.69 Å². The number of amides is 2. The van der Waals surface area contributed by atoms with E-state index in [9.17, 15) is 9.59 Å². The maximum Gasteiger partial charge on any atom is 0.255 e. The third kappa shape index (κ3) is 4.50. The van der Waals surface area contributed by atoms with Crippen molar-refractivity contribution in [3.05, 3.63) is 53.9 Å². The summed E-state index contributed by atoms with van der Waals surface area (Å²) in [6.07, 6.45) is 3.06. The van der Waals surface area contributed by atoms with Crippen molar-refractivity contribution in [3.8, 4) is 5.75 Å². The highest BCUT2D eigenvalue weighted by Gasteiger charge is 2.24. The van der Waals surface area contributed by atoms with Crippen LogP contribution >= 0.6 is 0 Å². The molecule has 0 radical (unpaired) electrons. The molecule has 1 saturated heterocycles. The summed E-state index contributed by atoms with van der Waals surface area (Å²) in [5.74, 6) is 0.642. The average molecular weight is 396 g/mol. The van der Waals surface area contributed by atoms with Crippen molar-refractivity contribution in [1.29, 1.82) is 0 Å². The molecule has 0 atom stereocenters. The van der Waals surface area contributed by atoms with E-state index in [0.29, 0.717) is 37.3 Å². The van der Waals surface area contributed by atoms with Crippen LogP contribution in [-0.2, 0) is 0 Å². The van der Waals surface area contributed by atoms with Gasteiger partial charge in [0.25, 0.3) is 11.8 Å². The Kier molecular flexibility index (Phi) is 6.69. The number of benzene rings is 1. The van der Waals surface area contributed by atoms with E-state index in [-0.39, 0.29) is 11.8 Å². The number of ether oxygens (including phenoxy) is 1. The number of carbonyl (C=O) groups excluding carboxylic acids is 2. The van der Waals surface area contributed by atoms with Crippen LogP contribution in [0.1, 0.15) is 34.6 Å². The van der Waals surface area contributed by atoms with E-state index in [1.165, 1.54) is 12.4 Å². The maximum absolute atomic E-state index is 13.0. The summed E-state index contributed by atoms with van der Waals surface area (Å²) in [6, 6.07) is 9.56. The Hall–Kier alpha value is -3.09. The van der Waals surface area contributed by atoms with E-state index >= 15 is 0 Å². The molecule has 2 amide bonds. The van der Waals surface area contributed by atoms with E-state index in [1.54, 1.807) is 18.1 Å². The molecule has 2 heterocycles. The van der Waals surface area contributed by atoms with Crippen molar-refractivity contribution in [2.45, 2.75) is 13.8 Å². The number of carbonyl (C=O) groups is 2. The molecule has 0 saturated carbocycles. The number of aromatic nitrogens is 1. The van der Waals surface area contributed by atoms with Crippen molar-refractivity contribution in [3.63, 3.8) is 0 Å². The van der Waals surface area contributed by atoms with Crippen LogP contribution in [0.3, 0.4) is 0 Å². The first kappa shape index (κ1) is 20.6. The first-order chi connectivity index (χ1) is 14.1. The number of para-hydroxylation sites is 2. The lowest BCUT2D eigenvalue weighted by Crippen LogP contribution is -2.49. The van der Waals surface area contributed by atoms with Gasteiger partial charge in [-0.2, -0.15) is 0 Å². The Bertz CT molecular complexity index is 859. The summed E-state index contributed by atoms with van der Waals surface area (Å²) >= 11 is 0. The van der Waals surface area contributed by atoms with Gasteiger partial charge in [-0.25, -0.2) is 0 Å². The molecule has 0 unspecified atom stereocenters. The smallest absolute Gasteiger partial charge is 0.255 e. The fourth-order valence-corrected chi connectivity index (χ4v) is 3.59. The van der Waals surface area contributed by atoms with Gasteiger partial charge >= 0.3 is 0 Å². The molecular formula is C22H28N4O3. The van der Waals surface area contributed by atoms with Gasteiger partial charge in [0.2, 0.25) is 0 Å². The summed E-state index contributed by atoms with van der Waals surface area (Å²) in [6.45, 7) is 7.76. The Morgan fingerprint density at radius 1 is 1.03 bits per heavy atom. The number of hydrogen-bond donors (Lipinski definition) is 0. The lowest BCUT2D eigenvalue weighted by molar-refractivity contribution is 0.0746. The zero-order chi connectivity index (χ0) is 20.8. The summed E-state index contributed by atoms with van der Waals surface area (Å²) in [4.78, 5) is 35.4. The second-order valence-electron chi connectivity index (χ2n) is 6.89. The lowest BCUT2D eigenvalue weighted by atomic mass is 10.1. The summed E-state index contributed by atoms with van der Waals surface area (Å²) in [5.41, 5.74) is 1.94. The number of methoxy groups -OCH3 is 1. The van der Waals surface area contributed by atoms with Gasteiger partial charge in [-0.05, 0) is 32.0 Å². The fraction of sp³-hybridized carbons (Fsp3) is 0.409. The van der Waals surface area contributed by atoms with Crippen LogP contribution in [-0.4, -0.2) is 73.0 Å². The van der Waals surface area contributed by atoms with Crippen LogP contribution in [0.5, 0.6) is 5.75 Å². The highest BCUT2D eigenvalue weighted by molar-refractivity contribution is 5.99. The van der Waals surface area contributed by atoms with Gasteiger partial charge in [0.05, 0.1) is 23.9 Å². The molecule has 0 aliphatic carbocycles. The summed E-state index contributed by atoms with van der Waals surface area (Å²) in [5, 5.41) is 0. The second-order valence-corrected chi connectivity index (χ2v) is 6.89.